The van der Waals surface area contributed by atoms with Gasteiger partial charge in [0, 0.05) is 0 Å². The van der Waals surface area contributed by atoms with Gasteiger partial charge in [0.1, 0.15) is 13.1 Å². The molecular weight excluding hydrogens is 372 g/mol. The molecule has 5 nitrogen and oxygen atoms in total. The fraction of sp³-hybridized carbons (Fsp3) is 0.455. The van der Waals surface area contributed by atoms with Gasteiger partial charge in [-0.3, -0.25) is 0 Å². The first-order chi connectivity index (χ1) is 13.5. The van der Waals surface area contributed by atoms with Crippen LogP contribution in [0, 0.1) is 6.92 Å². The molecule has 1 heterocycles. The van der Waals surface area contributed by atoms with E-state index in [4.69, 9.17) is 4.74 Å². The smallest absolute Gasteiger partial charge is 0.241 e. The quantitative estimate of drug-likeness (QED) is 0.770. The van der Waals surface area contributed by atoms with Crippen molar-refractivity contribution in [3.63, 3.8) is 0 Å². The number of hydrogen-bond acceptors (Lipinski definition) is 3. The maximum absolute atomic E-state index is 13.2. The third-order valence-corrected chi connectivity index (χ3v) is 7.32. The molecule has 0 unspecified atom stereocenters. The van der Waals surface area contributed by atoms with Crippen LogP contribution in [0.5, 0.6) is 0 Å². The molecule has 0 amide bonds. The van der Waals surface area contributed by atoms with Crippen LogP contribution >= 0.6 is 0 Å². The molecule has 28 heavy (non-hydrogen) atoms. The van der Waals surface area contributed by atoms with E-state index in [1.54, 1.807) is 6.07 Å². The number of morpholine rings is 1. The molecule has 1 saturated heterocycles. The Balaban J connectivity index is 1.59. The van der Waals surface area contributed by atoms with Crippen molar-refractivity contribution in [3.8, 4) is 0 Å². The molecule has 2 aromatic carbocycles. The van der Waals surface area contributed by atoms with Crippen molar-refractivity contribution in [3.05, 3.63) is 64.7 Å². The van der Waals surface area contributed by atoms with Gasteiger partial charge in [-0.05, 0) is 55.0 Å². The van der Waals surface area contributed by atoms with Crippen molar-refractivity contribution < 1.29 is 18.1 Å². The Kier molecular flexibility index (Phi) is 5.83. The van der Waals surface area contributed by atoms with Crippen molar-refractivity contribution in [2.24, 2.45) is 0 Å². The number of rotatable bonds is 6. The van der Waals surface area contributed by atoms with Crippen molar-refractivity contribution in [1.29, 1.82) is 0 Å². The van der Waals surface area contributed by atoms with Gasteiger partial charge in [-0.15, -0.1) is 0 Å². The van der Waals surface area contributed by atoms with Gasteiger partial charge in [0.2, 0.25) is 10.0 Å². The second-order valence-corrected chi connectivity index (χ2v) is 9.65. The highest BCUT2D eigenvalue weighted by Gasteiger charge is 2.27. The van der Waals surface area contributed by atoms with Crippen LogP contribution in [0.3, 0.4) is 0 Å². The molecule has 0 aromatic heterocycles. The molecular formula is C22H29N2O3S+. The molecule has 4 rings (SSSR count). The molecule has 1 fully saturated rings. The van der Waals surface area contributed by atoms with Crippen molar-refractivity contribution in [2.75, 3.05) is 32.8 Å². The number of aryl methyl sites for hydroxylation is 3. The summed E-state index contributed by atoms with van der Waals surface area (Å²) in [5.74, 6) is 0. The van der Waals surface area contributed by atoms with E-state index < -0.39 is 10.0 Å². The zero-order valence-electron chi connectivity index (χ0n) is 16.4. The van der Waals surface area contributed by atoms with Gasteiger partial charge in [-0.1, -0.05) is 35.9 Å². The van der Waals surface area contributed by atoms with E-state index in [-0.39, 0.29) is 6.04 Å². The molecule has 0 bridgehead atoms. The average molecular weight is 402 g/mol. The second-order valence-electron chi connectivity index (χ2n) is 7.94. The average Bonchev–Trinajstić information content (AvgIpc) is 3.17. The minimum absolute atomic E-state index is 0.257. The third-order valence-electron chi connectivity index (χ3n) is 5.85. The Morgan fingerprint density at radius 1 is 1.04 bits per heavy atom. The first kappa shape index (κ1) is 19.6. The van der Waals surface area contributed by atoms with E-state index in [1.807, 2.05) is 43.3 Å². The lowest BCUT2D eigenvalue weighted by Gasteiger charge is -2.28. The van der Waals surface area contributed by atoms with Crippen LogP contribution < -0.4 is 9.62 Å². The number of benzene rings is 2. The van der Waals surface area contributed by atoms with Crippen LogP contribution in [0.2, 0.25) is 0 Å². The van der Waals surface area contributed by atoms with E-state index in [0.29, 0.717) is 4.90 Å². The first-order valence-electron chi connectivity index (χ1n) is 10.1. The predicted molar refractivity (Wildman–Crippen MR) is 109 cm³/mol. The molecule has 0 spiro atoms. The highest BCUT2D eigenvalue weighted by molar-refractivity contribution is 7.89. The minimum atomic E-state index is -3.58. The van der Waals surface area contributed by atoms with E-state index in [9.17, 15) is 8.42 Å². The van der Waals surface area contributed by atoms with E-state index in [2.05, 4.69) is 4.72 Å². The maximum Gasteiger partial charge on any atom is 0.241 e. The molecule has 150 valence electrons. The highest BCUT2D eigenvalue weighted by Crippen LogP contribution is 2.25. The van der Waals surface area contributed by atoms with Crippen LogP contribution in [-0.4, -0.2) is 41.3 Å². The maximum atomic E-state index is 13.2. The molecule has 1 aliphatic heterocycles. The van der Waals surface area contributed by atoms with Gasteiger partial charge in [0.25, 0.3) is 0 Å². The van der Waals surface area contributed by atoms with Gasteiger partial charge in [-0.2, -0.15) is 4.72 Å². The van der Waals surface area contributed by atoms with Gasteiger partial charge in [0.05, 0.1) is 30.7 Å². The number of fused-ring (bicyclic) bond motifs is 1. The molecule has 6 heteroatoms. The summed E-state index contributed by atoms with van der Waals surface area (Å²) in [5.41, 5.74) is 4.64. The van der Waals surface area contributed by atoms with E-state index in [0.717, 1.165) is 57.7 Å². The SMILES string of the molecule is Cc1ccc([C@H](C[NH+]2CCOCC2)NS(=O)(=O)c2ccc3c(c2)CCC3)cc1. The van der Waals surface area contributed by atoms with Crippen molar-refractivity contribution in [2.45, 2.75) is 37.1 Å². The summed E-state index contributed by atoms with van der Waals surface area (Å²) in [6.45, 7) is 6.03. The molecule has 0 saturated carbocycles. The van der Waals surface area contributed by atoms with Crippen LogP contribution in [0.15, 0.2) is 47.4 Å². The summed E-state index contributed by atoms with van der Waals surface area (Å²) in [4.78, 5) is 1.75. The van der Waals surface area contributed by atoms with Crippen LogP contribution in [0.1, 0.15) is 34.7 Å². The first-order valence-corrected chi connectivity index (χ1v) is 11.6. The molecule has 1 atom stereocenters. The predicted octanol–water partition coefficient (Wildman–Crippen LogP) is 1.42. The largest absolute Gasteiger partial charge is 0.370 e. The fourth-order valence-corrected chi connectivity index (χ4v) is 5.42. The Hall–Kier alpha value is -1.73. The van der Waals surface area contributed by atoms with Crippen molar-refractivity contribution >= 4 is 10.0 Å². The minimum Gasteiger partial charge on any atom is -0.370 e. The van der Waals surface area contributed by atoms with Gasteiger partial charge < -0.3 is 9.64 Å². The summed E-state index contributed by atoms with van der Waals surface area (Å²) in [7, 11) is -3.58. The fourth-order valence-electron chi connectivity index (χ4n) is 4.15. The topological polar surface area (TPSA) is 59.8 Å². The Morgan fingerprint density at radius 3 is 2.50 bits per heavy atom. The van der Waals surface area contributed by atoms with Crippen LogP contribution in [0.4, 0.5) is 0 Å². The summed E-state index contributed by atoms with van der Waals surface area (Å²) < 4.78 is 34.8. The summed E-state index contributed by atoms with van der Waals surface area (Å²) in [6, 6.07) is 13.5. The monoisotopic (exact) mass is 401 g/mol. The lowest BCUT2D eigenvalue weighted by atomic mass is 10.1. The summed E-state index contributed by atoms with van der Waals surface area (Å²) in [6.07, 6.45) is 3.13. The van der Waals surface area contributed by atoms with E-state index >= 15 is 0 Å². The van der Waals surface area contributed by atoms with Crippen molar-refractivity contribution in [1.82, 2.24) is 4.72 Å². The molecule has 0 radical (unpaired) electrons. The molecule has 2 aliphatic rings. The lowest BCUT2D eigenvalue weighted by molar-refractivity contribution is -0.909. The Labute approximate surface area is 167 Å². The standard InChI is InChI=1S/C22H28N2O3S/c1-17-5-7-19(8-6-17)22(16-24-11-13-27-14-12-24)23-28(25,26)21-10-9-18-3-2-4-20(18)15-21/h5-10,15,22-23H,2-4,11-14,16H2,1H3/p+1/t22-/m0/s1. The molecule has 2 aromatic rings. The number of nitrogens with one attached hydrogen (secondary N) is 2. The zero-order chi connectivity index (χ0) is 19.6. The van der Waals surface area contributed by atoms with Crippen LogP contribution in [0.25, 0.3) is 0 Å². The number of hydrogen-bond donors (Lipinski definition) is 2. The lowest BCUT2D eigenvalue weighted by Crippen LogP contribution is -3.14. The Bertz CT molecular complexity index is 919. The Morgan fingerprint density at radius 2 is 1.75 bits per heavy atom. The zero-order valence-corrected chi connectivity index (χ0v) is 17.2. The number of ether oxygens (including phenoxy) is 1. The number of sulfonamides is 1. The molecule has 1 aliphatic carbocycles. The summed E-state index contributed by atoms with van der Waals surface area (Å²) >= 11 is 0. The van der Waals surface area contributed by atoms with E-state index in [1.165, 1.54) is 21.6 Å². The highest BCUT2D eigenvalue weighted by atomic mass is 32.2. The molecule has 2 N–H and O–H groups in total. The van der Waals surface area contributed by atoms with Crippen LogP contribution in [-0.2, 0) is 27.6 Å². The third kappa shape index (κ3) is 4.46. The second kappa shape index (κ2) is 8.33. The van der Waals surface area contributed by atoms with Gasteiger partial charge >= 0.3 is 0 Å². The summed E-state index contributed by atoms with van der Waals surface area (Å²) in [5, 5.41) is 0. The normalized spacial score (nSPS) is 18.8. The van der Waals surface area contributed by atoms with Gasteiger partial charge in [-0.25, -0.2) is 8.42 Å². The van der Waals surface area contributed by atoms with Gasteiger partial charge in [0.15, 0.2) is 0 Å². The number of quaternary nitrogens is 1.